The van der Waals surface area contributed by atoms with Gasteiger partial charge in [0, 0.05) is 6.54 Å². The molecule has 0 bridgehead atoms. The van der Waals surface area contributed by atoms with Crippen LogP contribution >= 0.6 is 0 Å². The zero-order valence-electron chi connectivity index (χ0n) is 11.7. The zero-order valence-corrected chi connectivity index (χ0v) is 11.7. The van der Waals surface area contributed by atoms with E-state index in [1.807, 2.05) is 25.1 Å². The Morgan fingerprint density at radius 3 is 2.95 bits per heavy atom. The van der Waals surface area contributed by atoms with Crippen LogP contribution in [0.5, 0.6) is 5.75 Å². The molecule has 0 aliphatic carbocycles. The van der Waals surface area contributed by atoms with Crippen LogP contribution in [-0.4, -0.2) is 22.0 Å². The fourth-order valence-electron chi connectivity index (χ4n) is 2.58. The van der Waals surface area contributed by atoms with Gasteiger partial charge in [-0.1, -0.05) is 18.2 Å². The Morgan fingerprint density at radius 1 is 1.40 bits per heavy atom. The van der Waals surface area contributed by atoms with Gasteiger partial charge in [0.2, 0.25) is 0 Å². The second kappa shape index (κ2) is 5.26. The van der Waals surface area contributed by atoms with Gasteiger partial charge in [-0.05, 0) is 23.6 Å². The maximum atomic E-state index is 10.7. The summed E-state index contributed by atoms with van der Waals surface area (Å²) in [6.45, 7) is 3.94. The molecule has 2 aromatic rings. The van der Waals surface area contributed by atoms with Gasteiger partial charge >= 0.3 is 0 Å². The molecule has 0 amide bonds. The molecule has 1 aromatic heterocycles. The molecule has 5 heteroatoms. The average Bonchev–Trinajstić information content (AvgIpc) is 3.11. The minimum Gasteiger partial charge on any atom is -0.493 e. The van der Waals surface area contributed by atoms with E-state index >= 15 is 0 Å². The predicted octanol–water partition coefficient (Wildman–Crippen LogP) is 2.02. The number of aliphatic hydroxyl groups is 1. The average molecular weight is 274 g/mol. The summed E-state index contributed by atoms with van der Waals surface area (Å²) in [6.07, 6.45) is 0.886. The second-order valence-corrected chi connectivity index (χ2v) is 4.84. The molecule has 1 N–H and O–H groups in total. The highest BCUT2D eigenvalue weighted by Crippen LogP contribution is 2.32. The first-order chi connectivity index (χ1) is 9.74. The van der Waals surface area contributed by atoms with Gasteiger partial charge in [-0.25, -0.2) is 0 Å². The smallest absolute Gasteiger partial charge is 0.163 e. The molecule has 1 aliphatic heterocycles. The van der Waals surface area contributed by atoms with Gasteiger partial charge in [0.15, 0.2) is 5.75 Å². The van der Waals surface area contributed by atoms with Crippen molar-refractivity contribution in [2.45, 2.75) is 32.8 Å². The highest BCUT2D eigenvalue weighted by Gasteiger charge is 2.22. The lowest BCUT2D eigenvalue weighted by molar-refractivity contribution is 0.134. The third-order valence-electron chi connectivity index (χ3n) is 3.68. The van der Waals surface area contributed by atoms with E-state index in [1.54, 1.807) is 18.0 Å². The van der Waals surface area contributed by atoms with Crippen molar-refractivity contribution in [3.8, 4) is 5.75 Å². The first-order valence-corrected chi connectivity index (χ1v) is 6.71. The molecule has 1 unspecified atom stereocenters. The highest BCUT2D eigenvalue weighted by atomic mass is 16.5. The molecule has 20 heavy (non-hydrogen) atoms. The fraction of sp³-hybridized carbons (Fsp3) is 0.400. The Hall–Kier alpha value is -1.85. The van der Waals surface area contributed by atoms with Crippen LogP contribution in [0.2, 0.25) is 0 Å². The molecule has 0 saturated heterocycles. The first-order valence-electron chi connectivity index (χ1n) is 6.71. The van der Waals surface area contributed by atoms with E-state index < -0.39 is 6.10 Å². The molecule has 0 radical (unpaired) electrons. The first kappa shape index (κ1) is 13.1. The van der Waals surface area contributed by atoms with Crippen molar-refractivity contribution < 1.29 is 14.6 Å². The van der Waals surface area contributed by atoms with Crippen molar-refractivity contribution in [1.29, 1.82) is 0 Å². The summed E-state index contributed by atoms with van der Waals surface area (Å²) in [7, 11) is 1.59. The lowest BCUT2D eigenvalue weighted by Crippen LogP contribution is -2.10. The van der Waals surface area contributed by atoms with Crippen molar-refractivity contribution in [3.63, 3.8) is 0 Å². The summed E-state index contributed by atoms with van der Waals surface area (Å²) >= 11 is 0. The summed E-state index contributed by atoms with van der Waals surface area (Å²) in [5.41, 5.74) is 3.86. The van der Waals surface area contributed by atoms with Gasteiger partial charge in [0.25, 0.3) is 0 Å². The molecule has 5 nitrogen and oxygen atoms in total. The number of fused-ring (bicyclic) bond motifs is 1. The summed E-state index contributed by atoms with van der Waals surface area (Å²) < 4.78 is 12.5. The van der Waals surface area contributed by atoms with Crippen molar-refractivity contribution in [2.24, 2.45) is 0 Å². The summed E-state index contributed by atoms with van der Waals surface area (Å²) in [5.74, 6) is 0.607. The summed E-state index contributed by atoms with van der Waals surface area (Å²) in [6, 6.07) is 5.95. The number of aliphatic hydroxyl groups excluding tert-OH is 1. The molecule has 0 saturated carbocycles. The van der Waals surface area contributed by atoms with Crippen LogP contribution < -0.4 is 4.74 Å². The molecule has 106 valence electrons. The number of methoxy groups -OCH3 is 1. The number of aromatic nitrogens is 2. The Kier molecular flexibility index (Phi) is 3.46. The van der Waals surface area contributed by atoms with Crippen molar-refractivity contribution in [3.05, 3.63) is 46.8 Å². The molecular formula is C15H18N2O3. The maximum absolute atomic E-state index is 10.7. The van der Waals surface area contributed by atoms with E-state index in [0.717, 1.165) is 11.1 Å². The number of rotatable bonds is 4. The van der Waals surface area contributed by atoms with E-state index in [9.17, 15) is 5.11 Å². The van der Waals surface area contributed by atoms with Crippen LogP contribution in [0.4, 0.5) is 0 Å². The van der Waals surface area contributed by atoms with Gasteiger partial charge < -0.3 is 14.6 Å². The van der Waals surface area contributed by atoms with Crippen LogP contribution in [0.15, 0.2) is 24.4 Å². The minimum absolute atomic E-state index is 0.607. The fourth-order valence-corrected chi connectivity index (χ4v) is 2.58. The molecular weight excluding hydrogens is 256 g/mol. The van der Waals surface area contributed by atoms with Crippen LogP contribution in [-0.2, 0) is 24.5 Å². The number of hydrogen-bond donors (Lipinski definition) is 1. The standard InChI is InChI=1S/C15H18N2O3/c1-3-17-14(13(19-2)7-16-17)15(18)10-4-5-11-8-20-9-12(11)6-10/h4-7,15,18H,3,8-9H2,1-2H3. The van der Waals surface area contributed by atoms with E-state index in [2.05, 4.69) is 5.10 Å². The minimum atomic E-state index is -0.752. The van der Waals surface area contributed by atoms with Gasteiger partial charge in [-0.2, -0.15) is 5.10 Å². The molecule has 1 aromatic carbocycles. The molecule has 2 heterocycles. The molecule has 0 fully saturated rings. The monoisotopic (exact) mass is 274 g/mol. The molecule has 1 atom stereocenters. The second-order valence-electron chi connectivity index (χ2n) is 4.84. The van der Waals surface area contributed by atoms with Crippen LogP contribution in [0.1, 0.15) is 35.4 Å². The Morgan fingerprint density at radius 2 is 2.20 bits per heavy atom. The lowest BCUT2D eigenvalue weighted by Gasteiger charge is -2.15. The number of ether oxygens (including phenoxy) is 2. The van der Waals surface area contributed by atoms with Gasteiger partial charge in [-0.3, -0.25) is 4.68 Å². The number of nitrogens with zero attached hydrogens (tertiary/aromatic N) is 2. The third kappa shape index (κ3) is 2.09. The summed E-state index contributed by atoms with van der Waals surface area (Å²) in [5, 5.41) is 14.9. The van der Waals surface area contributed by atoms with E-state index in [4.69, 9.17) is 9.47 Å². The molecule has 0 spiro atoms. The van der Waals surface area contributed by atoms with Gasteiger partial charge in [0.1, 0.15) is 11.8 Å². The van der Waals surface area contributed by atoms with Crippen LogP contribution in [0.25, 0.3) is 0 Å². The normalized spacial score (nSPS) is 15.2. The topological polar surface area (TPSA) is 56.5 Å². The van der Waals surface area contributed by atoms with Gasteiger partial charge in [-0.15, -0.1) is 0 Å². The van der Waals surface area contributed by atoms with Crippen molar-refractivity contribution >= 4 is 0 Å². The van der Waals surface area contributed by atoms with Crippen molar-refractivity contribution in [2.75, 3.05) is 7.11 Å². The zero-order chi connectivity index (χ0) is 14.1. The van der Waals surface area contributed by atoms with Crippen LogP contribution in [0, 0.1) is 0 Å². The van der Waals surface area contributed by atoms with E-state index in [0.29, 0.717) is 31.2 Å². The Balaban J connectivity index is 2.00. The van der Waals surface area contributed by atoms with Gasteiger partial charge in [0.05, 0.1) is 26.5 Å². The van der Waals surface area contributed by atoms with E-state index in [-0.39, 0.29) is 0 Å². The SMILES string of the molecule is CCn1ncc(OC)c1C(O)c1ccc2c(c1)COC2. The lowest BCUT2D eigenvalue weighted by atomic mass is 10.0. The quantitative estimate of drug-likeness (QED) is 0.926. The number of hydrogen-bond acceptors (Lipinski definition) is 4. The molecule has 3 rings (SSSR count). The van der Waals surface area contributed by atoms with E-state index in [1.165, 1.54) is 5.56 Å². The highest BCUT2D eigenvalue weighted by molar-refractivity contribution is 5.39. The predicted molar refractivity (Wildman–Crippen MR) is 73.4 cm³/mol. The van der Waals surface area contributed by atoms with Crippen molar-refractivity contribution in [1.82, 2.24) is 9.78 Å². The third-order valence-corrected chi connectivity index (χ3v) is 3.68. The summed E-state index contributed by atoms with van der Waals surface area (Å²) in [4.78, 5) is 0. The Labute approximate surface area is 117 Å². The maximum Gasteiger partial charge on any atom is 0.163 e. The largest absolute Gasteiger partial charge is 0.493 e. The Bertz CT molecular complexity index is 600. The van der Waals surface area contributed by atoms with Crippen LogP contribution in [0.3, 0.4) is 0 Å². The molecule has 1 aliphatic rings. The number of benzene rings is 1. The number of aryl methyl sites for hydroxylation is 1.